The first-order chi connectivity index (χ1) is 12.6. The highest BCUT2D eigenvalue weighted by Crippen LogP contribution is 2.12. The van der Waals surface area contributed by atoms with Gasteiger partial charge >= 0.3 is 0 Å². The van der Waals surface area contributed by atoms with Crippen molar-refractivity contribution in [2.45, 2.75) is 24.5 Å². The first-order valence-electron chi connectivity index (χ1n) is 8.37. The van der Waals surface area contributed by atoms with Gasteiger partial charge in [-0.2, -0.15) is 0 Å². The molecule has 0 radical (unpaired) electrons. The van der Waals surface area contributed by atoms with Crippen molar-refractivity contribution >= 4 is 10.0 Å². The van der Waals surface area contributed by atoms with Gasteiger partial charge in [0.2, 0.25) is 10.0 Å². The largest absolute Gasteiger partial charge is 0.309 e. The predicted molar refractivity (Wildman–Crippen MR) is 102 cm³/mol. The molecule has 0 amide bonds. The topological polar surface area (TPSA) is 71.1 Å². The molecule has 2 N–H and O–H groups in total. The SMILES string of the molecule is O=S(=O)(NCc1ccccn1)c1cccc(CNCc2ccccc2)c1. The van der Waals surface area contributed by atoms with Crippen LogP contribution in [0.25, 0.3) is 0 Å². The summed E-state index contributed by atoms with van der Waals surface area (Å²) < 4.78 is 27.6. The Hall–Kier alpha value is -2.54. The molecule has 0 bridgehead atoms. The van der Waals surface area contributed by atoms with Crippen molar-refractivity contribution < 1.29 is 8.42 Å². The van der Waals surface area contributed by atoms with Gasteiger partial charge in [0.25, 0.3) is 0 Å². The van der Waals surface area contributed by atoms with Gasteiger partial charge in [0, 0.05) is 19.3 Å². The zero-order chi connectivity index (χ0) is 18.2. The number of aromatic nitrogens is 1. The Morgan fingerprint density at radius 1 is 0.769 bits per heavy atom. The average Bonchev–Trinajstić information content (AvgIpc) is 2.68. The summed E-state index contributed by atoms with van der Waals surface area (Å²) in [4.78, 5) is 4.38. The smallest absolute Gasteiger partial charge is 0.240 e. The monoisotopic (exact) mass is 367 g/mol. The summed E-state index contributed by atoms with van der Waals surface area (Å²) in [5.41, 5.74) is 2.78. The minimum atomic E-state index is -3.58. The molecule has 0 aliphatic rings. The maximum absolute atomic E-state index is 12.5. The van der Waals surface area contributed by atoms with E-state index < -0.39 is 10.0 Å². The van der Waals surface area contributed by atoms with Crippen LogP contribution in [0.3, 0.4) is 0 Å². The van der Waals surface area contributed by atoms with Crippen LogP contribution >= 0.6 is 0 Å². The van der Waals surface area contributed by atoms with Crippen LogP contribution < -0.4 is 10.0 Å². The molecular formula is C20H21N3O2S. The molecule has 6 heteroatoms. The molecule has 0 unspecified atom stereocenters. The lowest BCUT2D eigenvalue weighted by Gasteiger charge is -2.09. The van der Waals surface area contributed by atoms with Crippen molar-refractivity contribution in [1.29, 1.82) is 0 Å². The van der Waals surface area contributed by atoms with Crippen molar-refractivity contribution in [3.63, 3.8) is 0 Å². The van der Waals surface area contributed by atoms with E-state index in [1.165, 1.54) is 5.56 Å². The zero-order valence-electron chi connectivity index (χ0n) is 14.3. The Balaban J connectivity index is 1.60. The van der Waals surface area contributed by atoms with Crippen LogP contribution in [-0.2, 0) is 29.7 Å². The average molecular weight is 367 g/mol. The van der Waals surface area contributed by atoms with E-state index in [9.17, 15) is 8.42 Å². The molecule has 0 aliphatic carbocycles. The molecule has 0 spiro atoms. The van der Waals surface area contributed by atoms with Crippen LogP contribution in [0.2, 0.25) is 0 Å². The van der Waals surface area contributed by atoms with Gasteiger partial charge in [0.05, 0.1) is 17.1 Å². The van der Waals surface area contributed by atoms with Crippen LogP contribution in [-0.4, -0.2) is 13.4 Å². The van der Waals surface area contributed by atoms with Crippen molar-refractivity contribution in [3.8, 4) is 0 Å². The van der Waals surface area contributed by atoms with Gasteiger partial charge in [-0.15, -0.1) is 0 Å². The Morgan fingerprint density at radius 3 is 2.27 bits per heavy atom. The van der Waals surface area contributed by atoms with E-state index in [1.54, 1.807) is 36.5 Å². The number of nitrogens with zero attached hydrogens (tertiary/aromatic N) is 1. The Bertz CT molecular complexity index is 930. The van der Waals surface area contributed by atoms with Crippen molar-refractivity contribution in [3.05, 3.63) is 95.8 Å². The fourth-order valence-electron chi connectivity index (χ4n) is 2.52. The van der Waals surface area contributed by atoms with E-state index in [-0.39, 0.29) is 11.4 Å². The van der Waals surface area contributed by atoms with Crippen LogP contribution in [0, 0.1) is 0 Å². The number of nitrogens with one attached hydrogen (secondary N) is 2. The lowest BCUT2D eigenvalue weighted by atomic mass is 10.2. The standard InChI is InChI=1S/C20H21N3O2S/c24-26(25,23-16-19-10-4-5-12-22-19)20-11-6-9-18(13-20)15-21-14-17-7-2-1-3-8-17/h1-13,21,23H,14-16H2. The molecule has 3 aromatic rings. The summed E-state index contributed by atoms with van der Waals surface area (Å²) >= 11 is 0. The molecule has 1 heterocycles. The summed E-state index contributed by atoms with van der Waals surface area (Å²) in [5.74, 6) is 0. The number of sulfonamides is 1. The van der Waals surface area contributed by atoms with E-state index in [4.69, 9.17) is 0 Å². The second-order valence-electron chi connectivity index (χ2n) is 5.88. The minimum Gasteiger partial charge on any atom is -0.309 e. The maximum atomic E-state index is 12.5. The predicted octanol–water partition coefficient (Wildman–Crippen LogP) is 2.85. The number of hydrogen-bond acceptors (Lipinski definition) is 4. The maximum Gasteiger partial charge on any atom is 0.240 e. The summed E-state index contributed by atoms with van der Waals surface area (Å²) in [6, 6.07) is 22.5. The van der Waals surface area contributed by atoms with Crippen molar-refractivity contribution in [2.75, 3.05) is 0 Å². The van der Waals surface area contributed by atoms with Crippen molar-refractivity contribution in [2.24, 2.45) is 0 Å². The van der Waals surface area contributed by atoms with Crippen LogP contribution in [0.5, 0.6) is 0 Å². The molecule has 3 rings (SSSR count). The van der Waals surface area contributed by atoms with E-state index in [1.807, 2.05) is 30.3 Å². The third-order valence-corrected chi connectivity index (χ3v) is 5.28. The fraction of sp³-hybridized carbons (Fsp3) is 0.150. The lowest BCUT2D eigenvalue weighted by Crippen LogP contribution is -2.24. The normalized spacial score (nSPS) is 11.4. The van der Waals surface area contributed by atoms with E-state index in [0.717, 1.165) is 12.1 Å². The molecule has 0 atom stereocenters. The van der Waals surface area contributed by atoms with Crippen LogP contribution in [0.15, 0.2) is 83.9 Å². The van der Waals surface area contributed by atoms with Crippen LogP contribution in [0.4, 0.5) is 0 Å². The summed E-state index contributed by atoms with van der Waals surface area (Å²) in [7, 11) is -3.58. The van der Waals surface area contributed by atoms with Gasteiger partial charge in [-0.3, -0.25) is 4.98 Å². The van der Waals surface area contributed by atoms with Gasteiger partial charge in [-0.25, -0.2) is 13.1 Å². The first kappa shape index (κ1) is 18.3. The molecule has 0 aliphatic heterocycles. The number of pyridine rings is 1. The summed E-state index contributed by atoms with van der Waals surface area (Å²) in [6.07, 6.45) is 1.64. The minimum absolute atomic E-state index is 0.166. The molecular weight excluding hydrogens is 346 g/mol. The zero-order valence-corrected chi connectivity index (χ0v) is 15.1. The molecule has 5 nitrogen and oxygen atoms in total. The Labute approximate surface area is 154 Å². The number of rotatable bonds is 8. The molecule has 134 valence electrons. The van der Waals surface area contributed by atoms with E-state index in [0.29, 0.717) is 12.2 Å². The van der Waals surface area contributed by atoms with Gasteiger partial charge in [0.15, 0.2) is 0 Å². The van der Waals surface area contributed by atoms with E-state index >= 15 is 0 Å². The molecule has 26 heavy (non-hydrogen) atoms. The Morgan fingerprint density at radius 2 is 1.50 bits per heavy atom. The quantitative estimate of drug-likeness (QED) is 0.642. The number of hydrogen-bond donors (Lipinski definition) is 2. The second kappa shape index (κ2) is 8.71. The third-order valence-electron chi connectivity index (χ3n) is 3.88. The highest BCUT2D eigenvalue weighted by Gasteiger charge is 2.14. The highest BCUT2D eigenvalue weighted by molar-refractivity contribution is 7.89. The molecule has 0 saturated carbocycles. The van der Waals surface area contributed by atoms with Gasteiger partial charge < -0.3 is 5.32 Å². The van der Waals surface area contributed by atoms with E-state index in [2.05, 4.69) is 27.2 Å². The first-order valence-corrected chi connectivity index (χ1v) is 9.85. The van der Waals surface area contributed by atoms with Crippen LogP contribution in [0.1, 0.15) is 16.8 Å². The van der Waals surface area contributed by atoms with Gasteiger partial charge in [-0.1, -0.05) is 48.5 Å². The van der Waals surface area contributed by atoms with Gasteiger partial charge in [-0.05, 0) is 35.4 Å². The lowest BCUT2D eigenvalue weighted by molar-refractivity contribution is 0.580. The molecule has 2 aromatic carbocycles. The third kappa shape index (κ3) is 5.23. The second-order valence-corrected chi connectivity index (χ2v) is 7.65. The molecule has 1 aromatic heterocycles. The van der Waals surface area contributed by atoms with Gasteiger partial charge in [0.1, 0.15) is 0 Å². The molecule has 0 fully saturated rings. The van der Waals surface area contributed by atoms with Crippen molar-refractivity contribution in [1.82, 2.24) is 15.0 Å². The summed E-state index contributed by atoms with van der Waals surface area (Å²) in [5, 5.41) is 3.33. The highest BCUT2D eigenvalue weighted by atomic mass is 32.2. The Kier molecular flexibility index (Phi) is 6.12. The fourth-order valence-corrected chi connectivity index (χ4v) is 3.59. The molecule has 0 saturated heterocycles. The summed E-state index contributed by atoms with van der Waals surface area (Å²) in [6.45, 7) is 1.49. The number of benzene rings is 2.